The van der Waals surface area contributed by atoms with Gasteiger partial charge in [0, 0.05) is 0 Å². The number of aromatic nitrogens is 2. The minimum atomic E-state index is -0.347. The summed E-state index contributed by atoms with van der Waals surface area (Å²) in [5.41, 5.74) is 0. The fourth-order valence-corrected chi connectivity index (χ4v) is 2.15. The van der Waals surface area contributed by atoms with Crippen LogP contribution in [0.25, 0.3) is 0 Å². The Morgan fingerprint density at radius 1 is 1.47 bits per heavy atom. The molecule has 0 unspecified atom stereocenters. The number of halogens is 1. The second-order valence-electron chi connectivity index (χ2n) is 4.16. The lowest BCUT2D eigenvalue weighted by Gasteiger charge is -2.28. The van der Waals surface area contributed by atoms with E-state index in [0.717, 1.165) is 25.7 Å². The van der Waals surface area contributed by atoms with Crippen molar-refractivity contribution in [2.75, 3.05) is 12.4 Å². The molecule has 1 fully saturated rings. The van der Waals surface area contributed by atoms with Crippen molar-refractivity contribution in [3.8, 4) is 6.01 Å². The topological polar surface area (TPSA) is 67.3 Å². The summed E-state index contributed by atoms with van der Waals surface area (Å²) in [5, 5.41) is 13.5. The zero-order valence-electron chi connectivity index (χ0n) is 9.69. The van der Waals surface area contributed by atoms with Gasteiger partial charge >= 0.3 is 6.01 Å². The van der Waals surface area contributed by atoms with Crippen molar-refractivity contribution < 1.29 is 9.84 Å². The first-order chi connectivity index (χ1) is 8.20. The normalized spacial score (nSPS) is 24.4. The molecule has 0 spiro atoms. The third-order valence-electron chi connectivity index (χ3n) is 2.96. The predicted molar refractivity (Wildman–Crippen MR) is 65.5 cm³/mol. The number of nitrogens with zero attached hydrogens (tertiary/aromatic N) is 2. The van der Waals surface area contributed by atoms with Crippen molar-refractivity contribution in [3.05, 3.63) is 11.2 Å². The van der Waals surface area contributed by atoms with Gasteiger partial charge in [0.05, 0.1) is 25.5 Å². The van der Waals surface area contributed by atoms with Crippen molar-refractivity contribution in [1.82, 2.24) is 9.97 Å². The van der Waals surface area contributed by atoms with Gasteiger partial charge in [0.1, 0.15) is 5.02 Å². The van der Waals surface area contributed by atoms with E-state index in [1.807, 2.05) is 0 Å². The molecule has 1 aliphatic rings. The van der Waals surface area contributed by atoms with Crippen LogP contribution in [-0.4, -0.2) is 34.3 Å². The van der Waals surface area contributed by atoms with Gasteiger partial charge < -0.3 is 15.2 Å². The van der Waals surface area contributed by atoms with Crippen molar-refractivity contribution in [2.45, 2.75) is 37.8 Å². The van der Waals surface area contributed by atoms with Crippen LogP contribution in [0.5, 0.6) is 6.01 Å². The van der Waals surface area contributed by atoms with Gasteiger partial charge in [-0.25, -0.2) is 4.98 Å². The largest absolute Gasteiger partial charge is 0.467 e. The van der Waals surface area contributed by atoms with E-state index < -0.39 is 0 Å². The number of anilines is 1. The molecule has 2 rings (SSSR count). The van der Waals surface area contributed by atoms with Crippen LogP contribution in [0.4, 0.5) is 5.82 Å². The van der Waals surface area contributed by atoms with Crippen LogP contribution in [0.2, 0.25) is 5.02 Å². The van der Waals surface area contributed by atoms with E-state index in [0.29, 0.717) is 10.8 Å². The Balaban J connectivity index is 2.11. The molecule has 0 aliphatic heterocycles. The third kappa shape index (κ3) is 2.98. The fraction of sp³-hybridized carbons (Fsp3) is 0.636. The van der Waals surface area contributed by atoms with Gasteiger partial charge in [-0.05, 0) is 12.8 Å². The van der Waals surface area contributed by atoms with E-state index in [9.17, 15) is 5.11 Å². The van der Waals surface area contributed by atoms with Crippen LogP contribution in [-0.2, 0) is 0 Å². The van der Waals surface area contributed by atoms with E-state index in [1.54, 1.807) is 0 Å². The molecule has 0 saturated heterocycles. The number of rotatable bonds is 3. The molecule has 2 N–H and O–H groups in total. The Hall–Kier alpha value is -1.07. The number of ether oxygens (including phenoxy) is 1. The third-order valence-corrected chi connectivity index (χ3v) is 3.23. The number of aliphatic hydroxyl groups is 1. The molecule has 6 heteroatoms. The second-order valence-corrected chi connectivity index (χ2v) is 4.56. The SMILES string of the molecule is COc1ncc(Cl)c(N[C@H]2CCCC[C@@H]2O)n1. The molecule has 5 nitrogen and oxygen atoms in total. The summed E-state index contributed by atoms with van der Waals surface area (Å²) in [5.74, 6) is 0.518. The molecular weight excluding hydrogens is 242 g/mol. The van der Waals surface area contributed by atoms with Crippen molar-refractivity contribution in [3.63, 3.8) is 0 Å². The first-order valence-corrected chi connectivity index (χ1v) is 6.09. The second kappa shape index (κ2) is 5.51. The molecule has 0 radical (unpaired) electrons. The van der Waals surface area contributed by atoms with Crippen LogP contribution in [0.3, 0.4) is 0 Å². The Labute approximate surface area is 105 Å². The van der Waals surface area contributed by atoms with Crippen molar-refractivity contribution in [2.24, 2.45) is 0 Å². The Bertz CT molecular complexity index is 389. The molecule has 94 valence electrons. The first-order valence-electron chi connectivity index (χ1n) is 5.72. The van der Waals surface area contributed by atoms with E-state index in [1.165, 1.54) is 13.3 Å². The first kappa shape index (κ1) is 12.4. The van der Waals surface area contributed by atoms with Crippen LogP contribution < -0.4 is 10.1 Å². The monoisotopic (exact) mass is 257 g/mol. The number of methoxy groups -OCH3 is 1. The van der Waals surface area contributed by atoms with Crippen molar-refractivity contribution >= 4 is 17.4 Å². The van der Waals surface area contributed by atoms with Gasteiger partial charge in [0.25, 0.3) is 0 Å². The lowest BCUT2D eigenvalue weighted by molar-refractivity contribution is 0.116. The number of hydrogen-bond acceptors (Lipinski definition) is 5. The summed E-state index contributed by atoms with van der Waals surface area (Å²) in [6, 6.07) is 0.267. The number of hydrogen-bond donors (Lipinski definition) is 2. The lowest BCUT2D eigenvalue weighted by Crippen LogP contribution is -2.36. The average molecular weight is 258 g/mol. The quantitative estimate of drug-likeness (QED) is 0.865. The highest BCUT2D eigenvalue weighted by molar-refractivity contribution is 6.32. The standard InChI is InChI=1S/C11H16ClN3O2/c1-17-11-13-6-7(12)10(15-11)14-8-4-2-3-5-9(8)16/h6,8-9,16H,2-5H2,1H3,(H,13,14,15)/t8-,9-/m0/s1. The summed E-state index contributed by atoms with van der Waals surface area (Å²) in [4.78, 5) is 8.03. The highest BCUT2D eigenvalue weighted by atomic mass is 35.5. The Kier molecular flexibility index (Phi) is 4.02. The van der Waals surface area contributed by atoms with Crippen LogP contribution in [0.15, 0.2) is 6.20 Å². The zero-order valence-corrected chi connectivity index (χ0v) is 10.4. The summed E-state index contributed by atoms with van der Waals surface area (Å²) < 4.78 is 4.94. The molecule has 17 heavy (non-hydrogen) atoms. The molecule has 1 aromatic rings. The predicted octanol–water partition coefficient (Wildman–Crippen LogP) is 1.85. The van der Waals surface area contributed by atoms with Gasteiger partial charge in [-0.15, -0.1) is 0 Å². The molecule has 1 saturated carbocycles. The molecule has 0 aromatic carbocycles. The minimum absolute atomic E-state index is 0.000793. The minimum Gasteiger partial charge on any atom is -0.467 e. The highest BCUT2D eigenvalue weighted by Gasteiger charge is 2.24. The summed E-state index contributed by atoms with van der Waals surface area (Å²) >= 11 is 6.00. The maximum atomic E-state index is 9.87. The molecule has 0 amide bonds. The van der Waals surface area contributed by atoms with Crippen LogP contribution >= 0.6 is 11.6 Å². The average Bonchev–Trinajstić information content (AvgIpc) is 2.35. The van der Waals surface area contributed by atoms with E-state index in [2.05, 4.69) is 15.3 Å². The van der Waals surface area contributed by atoms with E-state index in [4.69, 9.17) is 16.3 Å². The Morgan fingerprint density at radius 3 is 2.94 bits per heavy atom. The number of aliphatic hydroxyl groups excluding tert-OH is 1. The molecule has 0 bridgehead atoms. The van der Waals surface area contributed by atoms with Gasteiger partial charge in [0.15, 0.2) is 5.82 Å². The number of nitrogens with one attached hydrogen (secondary N) is 1. The molecule has 2 atom stereocenters. The smallest absolute Gasteiger partial charge is 0.318 e. The molecule has 1 aliphatic carbocycles. The van der Waals surface area contributed by atoms with Crippen LogP contribution in [0.1, 0.15) is 25.7 Å². The summed E-state index contributed by atoms with van der Waals surface area (Å²) in [6.07, 6.45) is 5.06. The van der Waals surface area contributed by atoms with Gasteiger partial charge in [-0.3, -0.25) is 0 Å². The van der Waals surface area contributed by atoms with Gasteiger partial charge in [0.2, 0.25) is 0 Å². The van der Waals surface area contributed by atoms with Gasteiger partial charge in [-0.1, -0.05) is 24.4 Å². The Morgan fingerprint density at radius 2 is 2.24 bits per heavy atom. The summed E-state index contributed by atoms with van der Waals surface area (Å²) in [6.45, 7) is 0. The zero-order chi connectivity index (χ0) is 12.3. The van der Waals surface area contributed by atoms with E-state index in [-0.39, 0.29) is 18.2 Å². The maximum absolute atomic E-state index is 9.87. The van der Waals surface area contributed by atoms with Gasteiger partial charge in [-0.2, -0.15) is 4.98 Å². The maximum Gasteiger partial charge on any atom is 0.318 e. The molecule has 1 heterocycles. The van der Waals surface area contributed by atoms with Crippen LogP contribution in [0, 0.1) is 0 Å². The van der Waals surface area contributed by atoms with Crippen molar-refractivity contribution in [1.29, 1.82) is 0 Å². The molecular formula is C11H16ClN3O2. The highest BCUT2D eigenvalue weighted by Crippen LogP contribution is 2.26. The summed E-state index contributed by atoms with van der Waals surface area (Å²) in [7, 11) is 1.50. The van der Waals surface area contributed by atoms with E-state index >= 15 is 0 Å². The fourth-order valence-electron chi connectivity index (χ4n) is 2.01. The lowest BCUT2D eigenvalue weighted by atomic mass is 9.93. The molecule has 1 aromatic heterocycles.